The van der Waals surface area contributed by atoms with E-state index in [-0.39, 0.29) is 0 Å². The molecule has 0 nitrogen and oxygen atoms in total. The first-order valence-corrected chi connectivity index (χ1v) is 9.49. The Bertz CT molecular complexity index is 951. The third-order valence-corrected chi connectivity index (χ3v) is 5.03. The number of aryl methyl sites for hydroxylation is 2. The first-order valence-electron chi connectivity index (χ1n) is 9.49. The predicted octanol–water partition coefficient (Wildman–Crippen LogP) is 7.23. The van der Waals surface area contributed by atoms with Gasteiger partial charge in [-0.05, 0) is 53.6 Å². The van der Waals surface area contributed by atoms with Crippen LogP contribution in [0.25, 0.3) is 22.3 Å². The summed E-state index contributed by atoms with van der Waals surface area (Å²) in [5.41, 5.74) is 10.4. The molecular weight excluding hydrogens is 324 g/mol. The maximum absolute atomic E-state index is 2.31. The molecule has 0 bridgehead atoms. The standard InChI is InChI=1S/C27H24/c1-20-9-13-24(14-10-20)26-7-3-5-22(18-26)17-23-6-4-8-27(19-23)25-15-11-21(2)12-16-25/h3-16,18-19H,17H2,1-2H3. The molecule has 0 N–H and O–H groups in total. The van der Waals surface area contributed by atoms with E-state index in [0.717, 1.165) is 6.42 Å². The van der Waals surface area contributed by atoms with Crippen molar-refractivity contribution in [3.63, 3.8) is 0 Å². The van der Waals surface area contributed by atoms with Crippen molar-refractivity contribution in [3.05, 3.63) is 119 Å². The van der Waals surface area contributed by atoms with Gasteiger partial charge >= 0.3 is 0 Å². The monoisotopic (exact) mass is 348 g/mol. The maximum atomic E-state index is 2.31. The van der Waals surface area contributed by atoms with Crippen LogP contribution in [0.4, 0.5) is 0 Å². The van der Waals surface area contributed by atoms with Crippen LogP contribution in [0.15, 0.2) is 97.1 Å². The highest BCUT2D eigenvalue weighted by Gasteiger charge is 2.03. The molecule has 0 aromatic heterocycles. The Hall–Kier alpha value is -3.12. The fraction of sp³-hybridized carbons (Fsp3) is 0.111. The molecule has 0 heterocycles. The van der Waals surface area contributed by atoms with E-state index in [1.807, 2.05) is 0 Å². The first kappa shape index (κ1) is 17.3. The second-order valence-corrected chi connectivity index (χ2v) is 7.31. The molecule has 0 aliphatic heterocycles. The molecule has 0 aliphatic carbocycles. The molecule has 27 heavy (non-hydrogen) atoms. The van der Waals surface area contributed by atoms with Crippen LogP contribution in [-0.4, -0.2) is 0 Å². The number of hydrogen-bond donors (Lipinski definition) is 0. The van der Waals surface area contributed by atoms with Gasteiger partial charge in [0.15, 0.2) is 0 Å². The van der Waals surface area contributed by atoms with Crippen LogP contribution in [-0.2, 0) is 6.42 Å². The second-order valence-electron chi connectivity index (χ2n) is 7.31. The van der Waals surface area contributed by atoms with E-state index < -0.39 is 0 Å². The number of benzene rings is 4. The zero-order valence-electron chi connectivity index (χ0n) is 15.9. The van der Waals surface area contributed by atoms with Crippen molar-refractivity contribution in [2.75, 3.05) is 0 Å². The van der Waals surface area contributed by atoms with Crippen molar-refractivity contribution >= 4 is 0 Å². The molecule has 0 unspecified atom stereocenters. The average Bonchev–Trinajstić information content (AvgIpc) is 2.69. The van der Waals surface area contributed by atoms with Crippen molar-refractivity contribution in [2.24, 2.45) is 0 Å². The second kappa shape index (κ2) is 7.63. The van der Waals surface area contributed by atoms with Gasteiger partial charge in [0, 0.05) is 0 Å². The fourth-order valence-corrected chi connectivity index (χ4v) is 3.45. The smallest absolute Gasteiger partial charge is 0.00253 e. The molecular formula is C27H24. The largest absolute Gasteiger partial charge is 0.0614 e. The average molecular weight is 348 g/mol. The summed E-state index contributed by atoms with van der Waals surface area (Å²) in [7, 11) is 0. The molecule has 4 aromatic carbocycles. The lowest BCUT2D eigenvalue weighted by atomic mass is 9.96. The summed E-state index contributed by atoms with van der Waals surface area (Å²) < 4.78 is 0. The number of hydrogen-bond acceptors (Lipinski definition) is 0. The molecule has 0 fully saturated rings. The minimum atomic E-state index is 0.944. The summed E-state index contributed by atoms with van der Waals surface area (Å²) in [4.78, 5) is 0. The van der Waals surface area contributed by atoms with Crippen molar-refractivity contribution in [1.29, 1.82) is 0 Å². The molecule has 4 aromatic rings. The third-order valence-electron chi connectivity index (χ3n) is 5.03. The third kappa shape index (κ3) is 4.17. The summed E-state index contributed by atoms with van der Waals surface area (Å²) in [6.07, 6.45) is 0.944. The Balaban J connectivity index is 1.59. The van der Waals surface area contributed by atoms with E-state index >= 15 is 0 Å². The van der Waals surface area contributed by atoms with Crippen molar-refractivity contribution in [3.8, 4) is 22.3 Å². The van der Waals surface area contributed by atoms with E-state index in [1.54, 1.807) is 0 Å². The van der Waals surface area contributed by atoms with Gasteiger partial charge in [0.1, 0.15) is 0 Å². The lowest BCUT2D eigenvalue weighted by Crippen LogP contribution is -1.90. The SMILES string of the molecule is Cc1ccc(-c2cccc(Cc3cccc(-c4ccc(C)cc4)c3)c2)cc1. The Morgan fingerprint density at radius 2 is 0.852 bits per heavy atom. The van der Waals surface area contributed by atoms with Crippen molar-refractivity contribution < 1.29 is 0 Å². The molecule has 0 atom stereocenters. The normalized spacial score (nSPS) is 10.7. The Morgan fingerprint density at radius 3 is 1.26 bits per heavy atom. The first-order chi connectivity index (χ1) is 13.2. The highest BCUT2D eigenvalue weighted by atomic mass is 14.1. The highest BCUT2D eigenvalue weighted by molar-refractivity contribution is 5.66. The highest BCUT2D eigenvalue weighted by Crippen LogP contribution is 2.25. The van der Waals surface area contributed by atoms with Crippen molar-refractivity contribution in [2.45, 2.75) is 20.3 Å². The number of rotatable bonds is 4. The van der Waals surface area contributed by atoms with E-state index in [9.17, 15) is 0 Å². The van der Waals surface area contributed by atoms with Gasteiger partial charge in [-0.3, -0.25) is 0 Å². The Morgan fingerprint density at radius 1 is 0.444 bits per heavy atom. The Kier molecular flexibility index (Phi) is 4.89. The fourth-order valence-electron chi connectivity index (χ4n) is 3.45. The minimum Gasteiger partial charge on any atom is -0.0614 e. The van der Waals surface area contributed by atoms with Crippen LogP contribution in [0.2, 0.25) is 0 Å². The van der Waals surface area contributed by atoms with E-state index in [2.05, 4.69) is 111 Å². The molecule has 0 heteroatoms. The lowest BCUT2D eigenvalue weighted by Gasteiger charge is -2.09. The lowest BCUT2D eigenvalue weighted by molar-refractivity contribution is 1.19. The topological polar surface area (TPSA) is 0 Å². The van der Waals surface area contributed by atoms with Crippen LogP contribution in [0, 0.1) is 13.8 Å². The molecule has 4 rings (SSSR count). The summed E-state index contributed by atoms with van der Waals surface area (Å²) >= 11 is 0. The molecule has 0 radical (unpaired) electrons. The van der Waals surface area contributed by atoms with Crippen LogP contribution in [0.5, 0.6) is 0 Å². The zero-order valence-corrected chi connectivity index (χ0v) is 15.9. The van der Waals surface area contributed by atoms with Gasteiger partial charge in [0.25, 0.3) is 0 Å². The van der Waals surface area contributed by atoms with Crippen molar-refractivity contribution in [1.82, 2.24) is 0 Å². The van der Waals surface area contributed by atoms with Gasteiger partial charge in [0.2, 0.25) is 0 Å². The molecule has 132 valence electrons. The van der Waals surface area contributed by atoms with Crippen LogP contribution in [0.1, 0.15) is 22.3 Å². The summed E-state index contributed by atoms with van der Waals surface area (Å²) in [6.45, 7) is 4.25. The van der Waals surface area contributed by atoms with Gasteiger partial charge in [-0.2, -0.15) is 0 Å². The van der Waals surface area contributed by atoms with Gasteiger partial charge in [-0.25, -0.2) is 0 Å². The molecule has 0 saturated heterocycles. The van der Waals surface area contributed by atoms with Crippen LogP contribution >= 0.6 is 0 Å². The van der Waals surface area contributed by atoms with Gasteiger partial charge in [-0.1, -0.05) is 108 Å². The van der Waals surface area contributed by atoms with Crippen LogP contribution in [0.3, 0.4) is 0 Å². The maximum Gasteiger partial charge on any atom is -0.00253 e. The quantitative estimate of drug-likeness (QED) is 0.365. The van der Waals surface area contributed by atoms with Gasteiger partial charge in [0.05, 0.1) is 0 Å². The van der Waals surface area contributed by atoms with E-state index in [1.165, 1.54) is 44.5 Å². The molecule has 0 amide bonds. The Labute approximate surface area is 162 Å². The summed E-state index contributed by atoms with van der Waals surface area (Å²) in [6, 6.07) is 35.3. The van der Waals surface area contributed by atoms with E-state index in [0.29, 0.717) is 0 Å². The van der Waals surface area contributed by atoms with Gasteiger partial charge < -0.3 is 0 Å². The predicted molar refractivity (Wildman–Crippen MR) is 116 cm³/mol. The molecule has 0 saturated carbocycles. The van der Waals surface area contributed by atoms with Gasteiger partial charge in [-0.15, -0.1) is 0 Å². The summed E-state index contributed by atoms with van der Waals surface area (Å²) in [5, 5.41) is 0. The van der Waals surface area contributed by atoms with Crippen LogP contribution < -0.4 is 0 Å². The zero-order chi connectivity index (χ0) is 18.6. The molecule has 0 aliphatic rings. The minimum absolute atomic E-state index is 0.944. The molecule has 0 spiro atoms. The van der Waals surface area contributed by atoms with E-state index in [4.69, 9.17) is 0 Å². The summed E-state index contributed by atoms with van der Waals surface area (Å²) in [5.74, 6) is 0.